The number of aliphatic hydroxyl groups is 1. The Hall–Kier alpha value is -2.39. The minimum Gasteiger partial charge on any atom is -0.392 e. The Morgan fingerprint density at radius 2 is 1.67 bits per heavy atom. The van der Waals surface area contributed by atoms with Gasteiger partial charge in [-0.3, -0.25) is 4.79 Å². The van der Waals surface area contributed by atoms with E-state index in [0.29, 0.717) is 6.54 Å². The van der Waals surface area contributed by atoms with Crippen molar-refractivity contribution < 1.29 is 9.90 Å². The fraction of sp³-hybridized carbons (Fsp3) is 0.167. The molecule has 1 amide bonds. The molecule has 108 valence electrons. The molecule has 2 aromatic carbocycles. The van der Waals surface area contributed by atoms with Crippen molar-refractivity contribution in [1.29, 1.82) is 0 Å². The largest absolute Gasteiger partial charge is 0.392 e. The van der Waals surface area contributed by atoms with E-state index in [2.05, 4.69) is 5.32 Å². The lowest BCUT2D eigenvalue weighted by Gasteiger charge is -2.08. The van der Waals surface area contributed by atoms with E-state index in [1.165, 1.54) is 0 Å². The lowest BCUT2D eigenvalue weighted by atomic mass is 10.1. The summed E-state index contributed by atoms with van der Waals surface area (Å²) in [5.41, 5.74) is 3.72. The van der Waals surface area contributed by atoms with Crippen LogP contribution in [0.25, 0.3) is 5.57 Å². The maximum Gasteiger partial charge on any atom is 0.244 e. The standard InChI is InChI=1S/C18H19NO2/c1-14(15-7-3-2-4-8-15)11-18(21)19-12-16-9-5-6-10-17(16)13-20/h2-11,20H,12-13H2,1H3,(H,19,21)/b14-11-. The molecule has 0 radical (unpaired) electrons. The number of nitrogens with one attached hydrogen (secondary N) is 1. The number of amides is 1. The predicted octanol–water partition coefficient (Wildman–Crippen LogP) is 2.90. The summed E-state index contributed by atoms with van der Waals surface area (Å²) < 4.78 is 0. The van der Waals surface area contributed by atoms with Crippen LogP contribution in [0.5, 0.6) is 0 Å². The summed E-state index contributed by atoms with van der Waals surface area (Å²) in [6.45, 7) is 2.30. The van der Waals surface area contributed by atoms with Crippen LogP contribution in [0.3, 0.4) is 0 Å². The normalized spacial score (nSPS) is 11.2. The van der Waals surface area contributed by atoms with E-state index >= 15 is 0 Å². The highest BCUT2D eigenvalue weighted by Gasteiger charge is 2.03. The summed E-state index contributed by atoms with van der Waals surface area (Å²) in [6.07, 6.45) is 1.59. The third-order valence-electron chi connectivity index (χ3n) is 3.32. The van der Waals surface area contributed by atoms with Gasteiger partial charge in [0.05, 0.1) is 6.61 Å². The number of rotatable bonds is 5. The number of aliphatic hydroxyl groups excluding tert-OH is 1. The van der Waals surface area contributed by atoms with Gasteiger partial charge in [0.1, 0.15) is 0 Å². The SMILES string of the molecule is C/C(=C/C(=O)NCc1ccccc1CO)c1ccccc1. The summed E-state index contributed by atoms with van der Waals surface area (Å²) >= 11 is 0. The van der Waals surface area contributed by atoms with Crippen LogP contribution in [-0.4, -0.2) is 11.0 Å². The van der Waals surface area contributed by atoms with Crippen LogP contribution < -0.4 is 5.32 Å². The Labute approximate surface area is 124 Å². The van der Waals surface area contributed by atoms with Crippen molar-refractivity contribution in [2.75, 3.05) is 0 Å². The van der Waals surface area contributed by atoms with Gasteiger partial charge in [-0.25, -0.2) is 0 Å². The fourth-order valence-electron chi connectivity index (χ4n) is 2.10. The van der Waals surface area contributed by atoms with E-state index in [-0.39, 0.29) is 12.5 Å². The topological polar surface area (TPSA) is 49.3 Å². The van der Waals surface area contributed by atoms with Gasteiger partial charge in [0, 0.05) is 12.6 Å². The van der Waals surface area contributed by atoms with Gasteiger partial charge in [-0.1, -0.05) is 54.6 Å². The van der Waals surface area contributed by atoms with Crippen LogP contribution in [0, 0.1) is 0 Å². The molecule has 0 aliphatic carbocycles. The van der Waals surface area contributed by atoms with Crippen molar-refractivity contribution in [2.45, 2.75) is 20.1 Å². The molecule has 0 aliphatic rings. The first-order valence-electron chi connectivity index (χ1n) is 6.90. The lowest BCUT2D eigenvalue weighted by molar-refractivity contribution is -0.116. The molecule has 2 N–H and O–H groups in total. The molecular formula is C18H19NO2. The van der Waals surface area contributed by atoms with Crippen LogP contribution in [0.15, 0.2) is 60.7 Å². The zero-order valence-corrected chi connectivity index (χ0v) is 12.0. The summed E-state index contributed by atoms with van der Waals surface area (Å²) in [6, 6.07) is 17.3. The molecule has 21 heavy (non-hydrogen) atoms. The van der Waals surface area contributed by atoms with Gasteiger partial charge in [0.2, 0.25) is 5.91 Å². The monoisotopic (exact) mass is 281 g/mol. The first-order chi connectivity index (χ1) is 10.2. The van der Waals surface area contributed by atoms with Gasteiger partial charge < -0.3 is 10.4 Å². The van der Waals surface area contributed by atoms with Gasteiger partial charge in [-0.2, -0.15) is 0 Å². The van der Waals surface area contributed by atoms with Crippen LogP contribution in [0.2, 0.25) is 0 Å². The van der Waals surface area contributed by atoms with Gasteiger partial charge in [0.15, 0.2) is 0 Å². The second kappa shape index (κ2) is 7.41. The zero-order chi connectivity index (χ0) is 15.1. The summed E-state index contributed by atoms with van der Waals surface area (Å²) in [4.78, 5) is 11.9. The van der Waals surface area contributed by atoms with Gasteiger partial charge in [-0.15, -0.1) is 0 Å². The van der Waals surface area contributed by atoms with Crippen molar-refractivity contribution in [3.63, 3.8) is 0 Å². The first kappa shape index (κ1) is 15.0. The fourth-order valence-corrected chi connectivity index (χ4v) is 2.10. The molecule has 0 aromatic heterocycles. The van der Waals surface area contributed by atoms with Gasteiger partial charge >= 0.3 is 0 Å². The molecule has 3 nitrogen and oxygen atoms in total. The molecule has 0 fully saturated rings. The summed E-state index contributed by atoms with van der Waals surface area (Å²) in [5, 5.41) is 12.1. The second-order valence-electron chi connectivity index (χ2n) is 4.84. The minimum absolute atomic E-state index is 0.0229. The van der Waals surface area contributed by atoms with Crippen molar-refractivity contribution >= 4 is 11.5 Å². The molecule has 0 unspecified atom stereocenters. The zero-order valence-electron chi connectivity index (χ0n) is 12.0. The summed E-state index contributed by atoms with van der Waals surface area (Å²) in [5.74, 6) is -0.135. The average molecular weight is 281 g/mol. The molecule has 0 saturated carbocycles. The summed E-state index contributed by atoms with van der Waals surface area (Å²) in [7, 11) is 0. The van der Waals surface area contributed by atoms with E-state index in [4.69, 9.17) is 0 Å². The Morgan fingerprint density at radius 3 is 2.33 bits per heavy atom. The number of hydrogen-bond donors (Lipinski definition) is 2. The number of carbonyl (C=O) groups is 1. The van der Waals surface area contributed by atoms with Crippen molar-refractivity contribution in [3.05, 3.63) is 77.4 Å². The lowest BCUT2D eigenvalue weighted by Crippen LogP contribution is -2.21. The van der Waals surface area contributed by atoms with Crippen molar-refractivity contribution in [1.82, 2.24) is 5.32 Å². The number of hydrogen-bond acceptors (Lipinski definition) is 2. The van der Waals surface area contributed by atoms with E-state index in [9.17, 15) is 9.90 Å². The average Bonchev–Trinajstić information content (AvgIpc) is 2.54. The molecular weight excluding hydrogens is 262 g/mol. The quantitative estimate of drug-likeness (QED) is 0.828. The number of allylic oxidation sites excluding steroid dienone is 1. The van der Waals surface area contributed by atoms with Gasteiger partial charge in [-0.05, 0) is 29.2 Å². The van der Waals surface area contributed by atoms with Gasteiger partial charge in [0.25, 0.3) is 0 Å². The molecule has 0 saturated heterocycles. The minimum atomic E-state index is -0.135. The van der Waals surface area contributed by atoms with Crippen molar-refractivity contribution in [2.24, 2.45) is 0 Å². The Kier molecular flexibility index (Phi) is 5.29. The highest BCUT2D eigenvalue weighted by molar-refractivity contribution is 5.94. The van der Waals surface area contributed by atoms with E-state index in [0.717, 1.165) is 22.3 Å². The molecule has 0 bridgehead atoms. The van der Waals surface area contributed by atoms with Crippen LogP contribution in [0.1, 0.15) is 23.6 Å². The van der Waals surface area contributed by atoms with E-state index in [1.54, 1.807) is 6.08 Å². The third kappa shape index (κ3) is 4.29. The molecule has 2 rings (SSSR count). The third-order valence-corrected chi connectivity index (χ3v) is 3.32. The highest BCUT2D eigenvalue weighted by Crippen LogP contribution is 2.12. The first-order valence-corrected chi connectivity index (χ1v) is 6.90. The predicted molar refractivity (Wildman–Crippen MR) is 84.3 cm³/mol. The number of carbonyl (C=O) groups excluding carboxylic acids is 1. The maximum absolute atomic E-state index is 11.9. The Morgan fingerprint density at radius 1 is 1.05 bits per heavy atom. The van der Waals surface area contributed by atoms with Crippen LogP contribution in [0.4, 0.5) is 0 Å². The van der Waals surface area contributed by atoms with Crippen molar-refractivity contribution in [3.8, 4) is 0 Å². The molecule has 0 atom stereocenters. The van der Waals surface area contributed by atoms with E-state index in [1.807, 2.05) is 61.5 Å². The van der Waals surface area contributed by atoms with Crippen LogP contribution >= 0.6 is 0 Å². The molecule has 2 aromatic rings. The maximum atomic E-state index is 11.9. The Balaban J connectivity index is 1.99. The van der Waals surface area contributed by atoms with Crippen LogP contribution in [-0.2, 0) is 17.9 Å². The number of benzene rings is 2. The molecule has 0 heterocycles. The second-order valence-corrected chi connectivity index (χ2v) is 4.84. The highest BCUT2D eigenvalue weighted by atomic mass is 16.3. The molecule has 0 aliphatic heterocycles. The smallest absolute Gasteiger partial charge is 0.244 e. The molecule has 3 heteroatoms. The molecule has 0 spiro atoms. The van der Waals surface area contributed by atoms with E-state index < -0.39 is 0 Å². The Bertz CT molecular complexity index is 633.